The van der Waals surface area contributed by atoms with Crippen LogP contribution in [-0.4, -0.2) is 17.3 Å². The van der Waals surface area contributed by atoms with Crippen LogP contribution in [0.15, 0.2) is 18.2 Å². The van der Waals surface area contributed by atoms with Crippen molar-refractivity contribution in [3.63, 3.8) is 0 Å². The van der Waals surface area contributed by atoms with Crippen molar-refractivity contribution in [1.82, 2.24) is 0 Å². The number of hydrogen-bond donors (Lipinski definition) is 0. The summed E-state index contributed by atoms with van der Waals surface area (Å²) >= 11 is 3.47. The molecule has 0 saturated heterocycles. The minimum Gasteiger partial charge on any atom is -0.309 e. The summed E-state index contributed by atoms with van der Waals surface area (Å²) in [6.45, 7) is 6.06. The predicted molar refractivity (Wildman–Crippen MR) is 79.4 cm³/mol. The first kappa shape index (κ1) is 13.6. The van der Waals surface area contributed by atoms with Gasteiger partial charge in [0.1, 0.15) is 0 Å². The Balaban J connectivity index is 2.32. The molecule has 0 bridgehead atoms. The van der Waals surface area contributed by atoms with Crippen LogP contribution in [0.4, 0.5) is 5.69 Å². The molecule has 18 heavy (non-hydrogen) atoms. The van der Waals surface area contributed by atoms with Gasteiger partial charge in [0, 0.05) is 23.0 Å². The molecule has 0 saturated carbocycles. The van der Waals surface area contributed by atoms with Gasteiger partial charge in [0.05, 0.1) is 0 Å². The number of nitrogens with zero attached hydrogens (tertiary/aromatic N) is 1. The van der Waals surface area contributed by atoms with Crippen LogP contribution in [0.1, 0.15) is 31.9 Å². The Hall–Kier alpha value is -0.830. The van der Waals surface area contributed by atoms with Crippen LogP contribution < -0.4 is 4.90 Å². The van der Waals surface area contributed by atoms with E-state index in [1.54, 1.807) is 0 Å². The van der Waals surface area contributed by atoms with Gasteiger partial charge in [-0.15, -0.1) is 0 Å². The molecule has 0 aromatic heterocycles. The van der Waals surface area contributed by atoms with Gasteiger partial charge in [0.2, 0.25) is 5.91 Å². The maximum absolute atomic E-state index is 12.2. The van der Waals surface area contributed by atoms with Crippen molar-refractivity contribution in [2.75, 3.05) is 10.2 Å². The standard InChI is InChI=1S/C15H20BrNO/c1-10(2)15(18)17-11(3)8-13-9-12(6-7-16)4-5-14(13)17/h4-5,9-11H,6-8H2,1-3H3. The molecule has 1 unspecified atom stereocenters. The number of alkyl halides is 1. The number of fused-ring (bicyclic) bond motifs is 1. The molecule has 1 aromatic rings. The first-order chi connectivity index (χ1) is 8.54. The summed E-state index contributed by atoms with van der Waals surface area (Å²) < 4.78 is 0. The highest BCUT2D eigenvalue weighted by atomic mass is 79.9. The topological polar surface area (TPSA) is 20.3 Å². The maximum Gasteiger partial charge on any atom is 0.229 e. The van der Waals surface area contributed by atoms with Crippen LogP contribution in [0.2, 0.25) is 0 Å². The zero-order chi connectivity index (χ0) is 13.3. The van der Waals surface area contributed by atoms with Crippen LogP contribution >= 0.6 is 15.9 Å². The molecule has 1 aliphatic rings. The number of carbonyl (C=O) groups excluding carboxylic acids is 1. The zero-order valence-electron chi connectivity index (χ0n) is 11.2. The van der Waals surface area contributed by atoms with Gasteiger partial charge in [-0.1, -0.05) is 41.9 Å². The first-order valence-corrected chi connectivity index (χ1v) is 7.67. The molecule has 0 spiro atoms. The molecule has 1 atom stereocenters. The highest BCUT2D eigenvalue weighted by Gasteiger charge is 2.31. The minimum atomic E-state index is 0.0561. The Morgan fingerprint density at radius 2 is 2.22 bits per heavy atom. The van der Waals surface area contributed by atoms with Gasteiger partial charge < -0.3 is 4.90 Å². The average Bonchev–Trinajstić information content (AvgIpc) is 2.63. The van der Waals surface area contributed by atoms with E-state index in [0.29, 0.717) is 0 Å². The summed E-state index contributed by atoms with van der Waals surface area (Å²) in [4.78, 5) is 14.2. The summed E-state index contributed by atoms with van der Waals surface area (Å²) in [5, 5.41) is 0.982. The number of hydrogen-bond acceptors (Lipinski definition) is 1. The number of rotatable bonds is 3. The molecule has 1 aliphatic heterocycles. The molecule has 0 N–H and O–H groups in total. The highest BCUT2D eigenvalue weighted by Crippen LogP contribution is 2.34. The van der Waals surface area contributed by atoms with Crippen molar-refractivity contribution in [3.8, 4) is 0 Å². The molecule has 3 heteroatoms. The molecular weight excluding hydrogens is 290 g/mol. The predicted octanol–water partition coefficient (Wildman–Crippen LogP) is 3.56. The van der Waals surface area contributed by atoms with E-state index in [0.717, 1.165) is 23.9 Å². The van der Waals surface area contributed by atoms with E-state index in [9.17, 15) is 4.79 Å². The fourth-order valence-electron chi connectivity index (χ4n) is 2.56. The Morgan fingerprint density at radius 3 is 2.83 bits per heavy atom. The summed E-state index contributed by atoms with van der Waals surface area (Å²) in [7, 11) is 0. The molecule has 0 fully saturated rings. The van der Waals surface area contributed by atoms with Crippen molar-refractivity contribution in [3.05, 3.63) is 29.3 Å². The molecule has 98 valence electrons. The van der Waals surface area contributed by atoms with Crippen LogP contribution in [0.25, 0.3) is 0 Å². The molecule has 2 nitrogen and oxygen atoms in total. The monoisotopic (exact) mass is 309 g/mol. The lowest BCUT2D eigenvalue weighted by Gasteiger charge is -2.24. The Kier molecular flexibility index (Phi) is 4.10. The third-order valence-corrected chi connectivity index (χ3v) is 3.87. The molecule has 1 heterocycles. The second kappa shape index (κ2) is 5.43. The number of halogens is 1. The fraction of sp³-hybridized carbons (Fsp3) is 0.533. The summed E-state index contributed by atoms with van der Waals surface area (Å²) in [6.07, 6.45) is 2.02. The Bertz CT molecular complexity index is 456. The zero-order valence-corrected chi connectivity index (χ0v) is 12.8. The summed E-state index contributed by atoms with van der Waals surface area (Å²) in [5.74, 6) is 0.287. The SMILES string of the molecule is CC(C)C(=O)N1c2ccc(CCBr)cc2CC1C. The second-order valence-corrected chi connectivity index (χ2v) is 6.11. The van der Waals surface area contributed by atoms with Crippen LogP contribution in [0.3, 0.4) is 0 Å². The van der Waals surface area contributed by atoms with E-state index in [-0.39, 0.29) is 17.9 Å². The van der Waals surface area contributed by atoms with E-state index < -0.39 is 0 Å². The maximum atomic E-state index is 12.2. The normalized spacial score (nSPS) is 18.3. The molecule has 0 radical (unpaired) electrons. The van der Waals surface area contributed by atoms with Crippen LogP contribution in [0.5, 0.6) is 0 Å². The van der Waals surface area contributed by atoms with Crippen molar-refractivity contribution < 1.29 is 4.79 Å². The van der Waals surface area contributed by atoms with Crippen molar-refractivity contribution in [2.24, 2.45) is 5.92 Å². The number of benzene rings is 1. The van der Waals surface area contributed by atoms with Crippen molar-refractivity contribution in [2.45, 2.75) is 39.7 Å². The van der Waals surface area contributed by atoms with Gasteiger partial charge in [0.15, 0.2) is 0 Å². The fourth-order valence-corrected chi connectivity index (χ4v) is 3.02. The van der Waals surface area contributed by atoms with Gasteiger partial charge in [-0.25, -0.2) is 0 Å². The Labute approximate surface area is 117 Å². The van der Waals surface area contributed by atoms with E-state index in [2.05, 4.69) is 41.1 Å². The van der Waals surface area contributed by atoms with Crippen LogP contribution in [0, 0.1) is 5.92 Å². The highest BCUT2D eigenvalue weighted by molar-refractivity contribution is 9.09. The number of anilines is 1. The van der Waals surface area contributed by atoms with Gasteiger partial charge in [-0.3, -0.25) is 4.79 Å². The lowest BCUT2D eigenvalue weighted by Crippen LogP contribution is -2.38. The third-order valence-electron chi connectivity index (χ3n) is 3.47. The van der Waals surface area contributed by atoms with E-state index in [1.807, 2.05) is 18.7 Å². The lowest BCUT2D eigenvalue weighted by molar-refractivity contribution is -0.121. The average molecular weight is 310 g/mol. The molecule has 1 amide bonds. The Morgan fingerprint density at radius 1 is 1.50 bits per heavy atom. The van der Waals surface area contributed by atoms with Crippen LogP contribution in [-0.2, 0) is 17.6 Å². The second-order valence-electron chi connectivity index (χ2n) is 5.32. The van der Waals surface area contributed by atoms with Gasteiger partial charge in [0.25, 0.3) is 0 Å². The van der Waals surface area contributed by atoms with Crippen molar-refractivity contribution >= 4 is 27.5 Å². The lowest BCUT2D eigenvalue weighted by atomic mass is 10.1. The quantitative estimate of drug-likeness (QED) is 0.782. The minimum absolute atomic E-state index is 0.0561. The molecule has 0 aliphatic carbocycles. The van der Waals surface area contributed by atoms with Gasteiger partial charge in [-0.2, -0.15) is 0 Å². The third kappa shape index (κ3) is 2.46. The smallest absolute Gasteiger partial charge is 0.229 e. The van der Waals surface area contributed by atoms with Gasteiger partial charge >= 0.3 is 0 Å². The largest absolute Gasteiger partial charge is 0.309 e. The molecule has 2 rings (SSSR count). The number of amides is 1. The van der Waals surface area contributed by atoms with E-state index >= 15 is 0 Å². The summed E-state index contributed by atoms with van der Waals surface area (Å²) in [5.41, 5.74) is 3.77. The van der Waals surface area contributed by atoms with Crippen molar-refractivity contribution in [1.29, 1.82) is 0 Å². The van der Waals surface area contributed by atoms with E-state index in [1.165, 1.54) is 11.1 Å². The van der Waals surface area contributed by atoms with Gasteiger partial charge in [-0.05, 0) is 37.0 Å². The number of carbonyl (C=O) groups is 1. The first-order valence-electron chi connectivity index (χ1n) is 6.55. The molecule has 1 aromatic carbocycles. The number of aryl methyl sites for hydroxylation is 1. The molecular formula is C15H20BrNO. The summed E-state index contributed by atoms with van der Waals surface area (Å²) in [6, 6.07) is 6.78. The van der Waals surface area contributed by atoms with E-state index in [4.69, 9.17) is 0 Å².